The van der Waals surface area contributed by atoms with Gasteiger partial charge >= 0.3 is 0 Å². The lowest BCUT2D eigenvalue weighted by Gasteiger charge is -2.29. The third-order valence-corrected chi connectivity index (χ3v) is 6.29. The van der Waals surface area contributed by atoms with Gasteiger partial charge in [0.25, 0.3) is 0 Å². The van der Waals surface area contributed by atoms with E-state index in [0.717, 1.165) is 63.8 Å². The first-order valence-electron chi connectivity index (χ1n) is 10.7. The molecule has 0 saturated carbocycles. The van der Waals surface area contributed by atoms with Gasteiger partial charge in [0.1, 0.15) is 0 Å². The number of rotatable bonds is 14. The second-order valence-corrected chi connectivity index (χ2v) is 9.81. The molecule has 0 bridgehead atoms. The van der Waals surface area contributed by atoms with E-state index in [9.17, 15) is 13.2 Å². The molecule has 7 heteroatoms. The number of carbonyl (C=O) groups excluding carboxylic acids is 1. The smallest absolute Gasteiger partial charge is 0.236 e. The van der Waals surface area contributed by atoms with Crippen LogP contribution in [0.25, 0.3) is 0 Å². The quantitative estimate of drug-likeness (QED) is 0.463. The normalized spacial score (nSPS) is 12.9. The Morgan fingerprint density at radius 3 is 2.10 bits per heavy atom. The first-order chi connectivity index (χ1) is 13.7. The topological polar surface area (TPSA) is 83.7 Å². The highest BCUT2D eigenvalue weighted by atomic mass is 32.2. The molecule has 2 N–H and O–H groups in total. The molecule has 29 heavy (non-hydrogen) atoms. The molecule has 6 nitrogen and oxygen atoms in total. The number of carbonyl (C=O) groups is 1. The average molecular weight is 426 g/mol. The minimum atomic E-state index is -3.15. The number of hydrogen-bond acceptors (Lipinski definition) is 5. The van der Waals surface area contributed by atoms with Crippen molar-refractivity contribution in [1.29, 1.82) is 0 Å². The third-order valence-electron chi connectivity index (χ3n) is 5.16. The van der Waals surface area contributed by atoms with Gasteiger partial charge in [-0.1, -0.05) is 26.0 Å². The van der Waals surface area contributed by atoms with E-state index in [4.69, 9.17) is 5.73 Å². The zero-order valence-corrected chi connectivity index (χ0v) is 19.4. The molecular weight excluding hydrogens is 386 g/mol. The lowest BCUT2D eigenvalue weighted by Crippen LogP contribution is -2.38. The number of benzene rings is 1. The molecule has 0 aromatic heterocycles. The zero-order valence-electron chi connectivity index (χ0n) is 18.6. The van der Waals surface area contributed by atoms with Crippen molar-refractivity contribution in [2.75, 3.05) is 39.0 Å². The van der Waals surface area contributed by atoms with Crippen molar-refractivity contribution in [2.45, 2.75) is 63.8 Å². The van der Waals surface area contributed by atoms with Crippen LogP contribution in [0.4, 0.5) is 0 Å². The van der Waals surface area contributed by atoms with Crippen LogP contribution in [0.5, 0.6) is 0 Å². The Morgan fingerprint density at radius 2 is 1.59 bits per heavy atom. The molecule has 0 aliphatic rings. The number of unbranched alkanes of at least 4 members (excludes halogenated alkanes) is 1. The van der Waals surface area contributed by atoms with Gasteiger partial charge in [-0.25, -0.2) is 8.42 Å². The number of nitrogens with zero attached hydrogens (tertiary/aromatic N) is 2. The van der Waals surface area contributed by atoms with Crippen molar-refractivity contribution >= 4 is 15.7 Å². The summed E-state index contributed by atoms with van der Waals surface area (Å²) in [6.45, 7) is 10.1. The van der Waals surface area contributed by atoms with Crippen molar-refractivity contribution in [3.05, 3.63) is 29.8 Å². The molecule has 0 spiro atoms. The minimum absolute atomic E-state index is 0.0307. The van der Waals surface area contributed by atoms with Crippen molar-refractivity contribution in [3.8, 4) is 0 Å². The summed E-state index contributed by atoms with van der Waals surface area (Å²) in [5.41, 5.74) is 6.66. The Balaban J connectivity index is 2.57. The molecule has 0 heterocycles. The number of nitrogens with two attached hydrogens (primary N) is 1. The molecule has 0 aliphatic heterocycles. The number of amides is 1. The maximum atomic E-state index is 11.9. The van der Waals surface area contributed by atoms with Gasteiger partial charge in [0.05, 0.1) is 11.4 Å². The number of hydrogen-bond donors (Lipinski definition) is 1. The molecule has 1 aromatic carbocycles. The second-order valence-electron chi connectivity index (χ2n) is 7.80. The highest BCUT2D eigenvalue weighted by molar-refractivity contribution is 7.90. The molecule has 1 aromatic rings. The van der Waals surface area contributed by atoms with Crippen molar-refractivity contribution < 1.29 is 13.2 Å². The fourth-order valence-electron chi connectivity index (χ4n) is 3.56. The first kappa shape index (κ1) is 25.6. The molecule has 166 valence electrons. The van der Waals surface area contributed by atoms with Crippen molar-refractivity contribution in [1.82, 2.24) is 9.80 Å². The SMILES string of the molecule is CCCN(CCCCN(CCC)C(C)Cc1ccc(S(C)(=O)=O)cc1)C(=O)CN. The molecule has 0 saturated heterocycles. The van der Waals surface area contributed by atoms with Crippen LogP contribution < -0.4 is 5.73 Å². The third kappa shape index (κ3) is 9.28. The Hall–Kier alpha value is -1.44. The van der Waals surface area contributed by atoms with E-state index in [0.29, 0.717) is 10.9 Å². The van der Waals surface area contributed by atoms with E-state index in [-0.39, 0.29) is 12.5 Å². The molecule has 0 aliphatic carbocycles. The summed E-state index contributed by atoms with van der Waals surface area (Å²) < 4.78 is 23.2. The molecule has 1 rings (SSSR count). The van der Waals surface area contributed by atoms with E-state index >= 15 is 0 Å². The lowest BCUT2D eigenvalue weighted by molar-refractivity contribution is -0.129. The van der Waals surface area contributed by atoms with Gasteiger partial charge in [-0.2, -0.15) is 0 Å². The minimum Gasteiger partial charge on any atom is -0.342 e. The van der Waals surface area contributed by atoms with Gasteiger partial charge in [0, 0.05) is 25.4 Å². The summed E-state index contributed by atoms with van der Waals surface area (Å²) in [5, 5.41) is 0. The average Bonchev–Trinajstić information content (AvgIpc) is 2.68. The maximum absolute atomic E-state index is 11.9. The summed E-state index contributed by atoms with van der Waals surface area (Å²) in [6, 6.07) is 7.59. The van der Waals surface area contributed by atoms with E-state index < -0.39 is 9.84 Å². The van der Waals surface area contributed by atoms with Crippen molar-refractivity contribution in [3.63, 3.8) is 0 Å². The Bertz CT molecular complexity index is 705. The predicted molar refractivity (Wildman–Crippen MR) is 120 cm³/mol. The van der Waals surface area contributed by atoms with Gasteiger partial charge in [-0.05, 0) is 69.8 Å². The van der Waals surface area contributed by atoms with Crippen LogP contribution in [0.3, 0.4) is 0 Å². The van der Waals surface area contributed by atoms with E-state index in [1.165, 1.54) is 6.26 Å². The van der Waals surface area contributed by atoms with E-state index in [1.807, 2.05) is 17.0 Å². The standard InChI is InChI=1S/C22H39N3O3S/c1-5-13-24(15-7-8-16-25(14-6-2)22(26)18-23)19(3)17-20-9-11-21(12-10-20)29(4,27)28/h9-12,19H,5-8,13-18,23H2,1-4H3. The van der Waals surface area contributed by atoms with Crippen LogP contribution in [0.2, 0.25) is 0 Å². The number of sulfone groups is 1. The van der Waals surface area contributed by atoms with Crippen LogP contribution in [0, 0.1) is 0 Å². The molecule has 1 atom stereocenters. The first-order valence-corrected chi connectivity index (χ1v) is 12.6. The van der Waals surface area contributed by atoms with Gasteiger partial charge in [0.2, 0.25) is 5.91 Å². The Morgan fingerprint density at radius 1 is 1.00 bits per heavy atom. The van der Waals surface area contributed by atoms with Gasteiger partial charge in [0.15, 0.2) is 9.84 Å². The summed E-state index contributed by atoms with van der Waals surface area (Å²) in [4.78, 5) is 16.6. The monoisotopic (exact) mass is 425 g/mol. The van der Waals surface area contributed by atoms with Gasteiger partial charge < -0.3 is 15.5 Å². The summed E-state index contributed by atoms with van der Waals surface area (Å²) in [5.74, 6) is 0.0307. The maximum Gasteiger partial charge on any atom is 0.236 e. The van der Waals surface area contributed by atoms with Crippen LogP contribution in [0.1, 0.15) is 52.0 Å². The van der Waals surface area contributed by atoms with Crippen LogP contribution in [-0.4, -0.2) is 69.1 Å². The molecular formula is C22H39N3O3S. The highest BCUT2D eigenvalue weighted by Crippen LogP contribution is 2.15. The zero-order chi connectivity index (χ0) is 21.9. The highest BCUT2D eigenvalue weighted by Gasteiger charge is 2.15. The Labute approximate surface area is 177 Å². The van der Waals surface area contributed by atoms with Crippen LogP contribution in [0.15, 0.2) is 29.2 Å². The van der Waals surface area contributed by atoms with E-state index in [2.05, 4.69) is 25.7 Å². The summed E-state index contributed by atoms with van der Waals surface area (Å²) in [7, 11) is -3.15. The molecule has 0 radical (unpaired) electrons. The summed E-state index contributed by atoms with van der Waals surface area (Å²) >= 11 is 0. The second kappa shape index (κ2) is 13.0. The Kier molecular flexibility index (Phi) is 11.5. The predicted octanol–water partition coefficient (Wildman–Crippen LogP) is 2.71. The van der Waals surface area contributed by atoms with Crippen LogP contribution >= 0.6 is 0 Å². The van der Waals surface area contributed by atoms with Crippen molar-refractivity contribution in [2.24, 2.45) is 5.73 Å². The summed E-state index contributed by atoms with van der Waals surface area (Å²) in [6.07, 6.45) is 6.17. The molecule has 1 amide bonds. The van der Waals surface area contributed by atoms with Gasteiger partial charge in [-0.15, -0.1) is 0 Å². The lowest BCUT2D eigenvalue weighted by atomic mass is 10.1. The fourth-order valence-corrected chi connectivity index (χ4v) is 4.19. The van der Waals surface area contributed by atoms with Crippen LogP contribution in [-0.2, 0) is 21.1 Å². The van der Waals surface area contributed by atoms with Gasteiger partial charge in [-0.3, -0.25) is 4.79 Å². The van der Waals surface area contributed by atoms with E-state index in [1.54, 1.807) is 12.1 Å². The largest absolute Gasteiger partial charge is 0.342 e. The fraction of sp³-hybridized carbons (Fsp3) is 0.682. The molecule has 0 fully saturated rings. The molecule has 1 unspecified atom stereocenters.